The van der Waals surface area contributed by atoms with Crippen molar-refractivity contribution in [3.63, 3.8) is 0 Å². The molecular formula is C17H13N3OS2. The normalized spacial score (nSPS) is 11.0. The largest absolute Gasteiger partial charge is 0.346 e. The van der Waals surface area contributed by atoms with E-state index in [-0.39, 0.29) is 5.91 Å². The van der Waals surface area contributed by atoms with Gasteiger partial charge in [-0.05, 0) is 17.0 Å². The number of imidazole rings is 1. The van der Waals surface area contributed by atoms with Crippen molar-refractivity contribution < 1.29 is 4.79 Å². The van der Waals surface area contributed by atoms with Crippen LogP contribution >= 0.6 is 22.7 Å². The number of amides is 1. The van der Waals surface area contributed by atoms with Crippen LogP contribution in [0, 0.1) is 0 Å². The van der Waals surface area contributed by atoms with E-state index >= 15 is 0 Å². The monoisotopic (exact) mass is 339 g/mol. The summed E-state index contributed by atoms with van der Waals surface area (Å²) in [6.45, 7) is 0.539. The van der Waals surface area contributed by atoms with Gasteiger partial charge in [0, 0.05) is 17.3 Å². The van der Waals surface area contributed by atoms with Crippen molar-refractivity contribution in [3.8, 4) is 10.4 Å². The van der Waals surface area contributed by atoms with Crippen molar-refractivity contribution in [2.45, 2.75) is 6.54 Å². The average Bonchev–Trinajstić information content (AvgIpc) is 3.29. The lowest BCUT2D eigenvalue weighted by Crippen LogP contribution is -2.22. The molecule has 4 aromatic rings. The van der Waals surface area contributed by atoms with E-state index in [1.54, 1.807) is 28.9 Å². The van der Waals surface area contributed by atoms with Gasteiger partial charge in [0.2, 0.25) is 0 Å². The van der Waals surface area contributed by atoms with Crippen LogP contribution < -0.4 is 5.32 Å². The van der Waals surface area contributed by atoms with Gasteiger partial charge in [-0.1, -0.05) is 47.7 Å². The van der Waals surface area contributed by atoms with E-state index in [1.807, 2.05) is 46.3 Å². The zero-order chi connectivity index (χ0) is 15.6. The molecule has 0 fully saturated rings. The Balaban J connectivity index is 1.53. The molecule has 0 saturated heterocycles. The standard InChI is InChI=1S/C17H13N3OS2/c21-16(18-9-13-7-4-8-22-13)14-10-20-11-15(23-17(20)19-14)12-5-2-1-3-6-12/h1-8,10-11H,9H2,(H,18,21). The Morgan fingerprint density at radius 1 is 1.13 bits per heavy atom. The van der Waals surface area contributed by atoms with Crippen LogP contribution in [0.4, 0.5) is 0 Å². The van der Waals surface area contributed by atoms with Gasteiger partial charge in [-0.25, -0.2) is 4.98 Å². The third-order valence-corrected chi connectivity index (χ3v) is 5.37. The fourth-order valence-corrected chi connectivity index (χ4v) is 3.93. The number of aromatic nitrogens is 2. The topological polar surface area (TPSA) is 46.4 Å². The summed E-state index contributed by atoms with van der Waals surface area (Å²) in [5.74, 6) is -0.143. The second-order valence-corrected chi connectivity index (χ2v) is 7.08. The summed E-state index contributed by atoms with van der Waals surface area (Å²) < 4.78 is 1.91. The van der Waals surface area contributed by atoms with Gasteiger partial charge >= 0.3 is 0 Å². The predicted molar refractivity (Wildman–Crippen MR) is 94.0 cm³/mol. The summed E-state index contributed by atoms with van der Waals surface area (Å²) >= 11 is 3.21. The van der Waals surface area contributed by atoms with Gasteiger partial charge in [-0.15, -0.1) is 11.3 Å². The fourth-order valence-electron chi connectivity index (χ4n) is 2.31. The minimum atomic E-state index is -0.143. The Hall–Kier alpha value is -2.44. The van der Waals surface area contributed by atoms with Crippen molar-refractivity contribution in [3.05, 3.63) is 70.8 Å². The zero-order valence-corrected chi connectivity index (χ0v) is 13.7. The molecule has 0 bridgehead atoms. The van der Waals surface area contributed by atoms with E-state index in [9.17, 15) is 4.79 Å². The molecule has 4 nitrogen and oxygen atoms in total. The summed E-state index contributed by atoms with van der Waals surface area (Å²) in [6.07, 6.45) is 3.79. The first-order chi connectivity index (χ1) is 11.3. The second-order valence-electron chi connectivity index (χ2n) is 5.04. The minimum Gasteiger partial charge on any atom is -0.346 e. The van der Waals surface area contributed by atoms with Gasteiger partial charge in [0.05, 0.1) is 11.4 Å². The van der Waals surface area contributed by atoms with Crippen LogP contribution in [-0.4, -0.2) is 15.3 Å². The molecule has 1 N–H and O–H groups in total. The lowest BCUT2D eigenvalue weighted by molar-refractivity contribution is 0.0947. The summed E-state index contributed by atoms with van der Waals surface area (Å²) in [5.41, 5.74) is 1.61. The van der Waals surface area contributed by atoms with Gasteiger partial charge in [-0.2, -0.15) is 0 Å². The van der Waals surface area contributed by atoms with Crippen LogP contribution in [0.25, 0.3) is 15.4 Å². The third kappa shape index (κ3) is 2.91. The van der Waals surface area contributed by atoms with Crippen LogP contribution in [-0.2, 0) is 6.54 Å². The minimum absolute atomic E-state index is 0.143. The van der Waals surface area contributed by atoms with Crippen molar-refractivity contribution >= 4 is 33.5 Å². The highest BCUT2D eigenvalue weighted by Crippen LogP contribution is 2.28. The number of benzene rings is 1. The lowest BCUT2D eigenvalue weighted by atomic mass is 10.2. The van der Waals surface area contributed by atoms with Crippen LogP contribution in [0.2, 0.25) is 0 Å². The highest BCUT2D eigenvalue weighted by Gasteiger charge is 2.13. The molecule has 3 aromatic heterocycles. The summed E-state index contributed by atoms with van der Waals surface area (Å²) in [7, 11) is 0. The van der Waals surface area contributed by atoms with E-state index in [2.05, 4.69) is 22.4 Å². The molecule has 1 aromatic carbocycles. The van der Waals surface area contributed by atoms with Crippen LogP contribution in [0.3, 0.4) is 0 Å². The van der Waals surface area contributed by atoms with Gasteiger partial charge in [-0.3, -0.25) is 9.20 Å². The Kier molecular flexibility index (Phi) is 3.69. The average molecular weight is 339 g/mol. The van der Waals surface area contributed by atoms with E-state index in [0.717, 1.165) is 20.3 Å². The number of hydrogen-bond acceptors (Lipinski definition) is 4. The van der Waals surface area contributed by atoms with E-state index in [1.165, 1.54) is 0 Å². The Morgan fingerprint density at radius 3 is 2.74 bits per heavy atom. The molecule has 1 amide bonds. The molecule has 0 unspecified atom stereocenters. The molecule has 0 radical (unpaired) electrons. The number of rotatable bonds is 4. The zero-order valence-electron chi connectivity index (χ0n) is 12.1. The molecule has 0 aliphatic rings. The molecule has 3 heterocycles. The number of fused-ring (bicyclic) bond motifs is 1. The number of hydrogen-bond donors (Lipinski definition) is 1. The number of carbonyl (C=O) groups is 1. The van der Waals surface area contributed by atoms with Crippen LogP contribution in [0.5, 0.6) is 0 Å². The first-order valence-electron chi connectivity index (χ1n) is 7.14. The van der Waals surface area contributed by atoms with Gasteiger partial charge in [0.15, 0.2) is 4.96 Å². The third-order valence-electron chi connectivity index (χ3n) is 3.45. The van der Waals surface area contributed by atoms with Crippen LogP contribution in [0.1, 0.15) is 15.4 Å². The SMILES string of the molecule is O=C(NCc1cccs1)c1cn2cc(-c3ccccc3)sc2n1. The van der Waals surface area contributed by atoms with Gasteiger partial charge in [0.1, 0.15) is 5.69 Å². The number of carbonyl (C=O) groups excluding carboxylic acids is 1. The first kappa shape index (κ1) is 14.2. The molecule has 23 heavy (non-hydrogen) atoms. The number of nitrogens with zero attached hydrogens (tertiary/aromatic N) is 2. The van der Waals surface area contributed by atoms with Gasteiger partial charge in [0.25, 0.3) is 5.91 Å². The first-order valence-corrected chi connectivity index (χ1v) is 8.84. The maximum Gasteiger partial charge on any atom is 0.271 e. The highest BCUT2D eigenvalue weighted by atomic mass is 32.1. The number of thiophene rings is 1. The van der Waals surface area contributed by atoms with E-state index < -0.39 is 0 Å². The smallest absolute Gasteiger partial charge is 0.271 e. The molecule has 0 aliphatic heterocycles. The van der Waals surface area contributed by atoms with Crippen molar-refractivity contribution in [2.75, 3.05) is 0 Å². The molecule has 0 atom stereocenters. The quantitative estimate of drug-likeness (QED) is 0.609. The van der Waals surface area contributed by atoms with Crippen molar-refractivity contribution in [1.82, 2.24) is 14.7 Å². The maximum atomic E-state index is 12.2. The molecule has 114 valence electrons. The molecule has 0 aliphatic carbocycles. The predicted octanol–water partition coefficient (Wildman–Crippen LogP) is 4.05. The van der Waals surface area contributed by atoms with Crippen molar-refractivity contribution in [1.29, 1.82) is 0 Å². The molecular weight excluding hydrogens is 326 g/mol. The molecule has 0 saturated carbocycles. The molecule has 6 heteroatoms. The molecule has 4 rings (SSSR count). The van der Waals surface area contributed by atoms with Crippen LogP contribution in [0.15, 0.2) is 60.2 Å². The summed E-state index contributed by atoms with van der Waals surface area (Å²) in [4.78, 5) is 19.7. The Labute approximate surface area is 141 Å². The second kappa shape index (κ2) is 5.98. The summed E-state index contributed by atoms with van der Waals surface area (Å²) in [6, 6.07) is 14.1. The van der Waals surface area contributed by atoms with E-state index in [0.29, 0.717) is 12.2 Å². The maximum absolute atomic E-state index is 12.2. The highest BCUT2D eigenvalue weighted by molar-refractivity contribution is 7.20. The van der Waals surface area contributed by atoms with Crippen molar-refractivity contribution in [2.24, 2.45) is 0 Å². The summed E-state index contributed by atoms with van der Waals surface area (Å²) in [5, 5.41) is 4.90. The number of nitrogens with one attached hydrogen (secondary N) is 1. The number of thiazole rings is 1. The molecule has 0 spiro atoms. The lowest BCUT2D eigenvalue weighted by Gasteiger charge is -2.00. The van der Waals surface area contributed by atoms with Gasteiger partial charge < -0.3 is 5.32 Å². The Morgan fingerprint density at radius 2 is 2.00 bits per heavy atom. The van der Waals surface area contributed by atoms with E-state index in [4.69, 9.17) is 0 Å². The Bertz CT molecular complexity index is 907. The fraction of sp³-hybridized carbons (Fsp3) is 0.0588.